The fourth-order valence-corrected chi connectivity index (χ4v) is 1.43. The Morgan fingerprint density at radius 1 is 1.75 bits per heavy atom. The molecule has 3 nitrogen and oxygen atoms in total. The van der Waals surface area contributed by atoms with Gasteiger partial charge in [0.25, 0.3) is 0 Å². The molecule has 1 saturated heterocycles. The van der Waals surface area contributed by atoms with Gasteiger partial charge in [-0.05, 0) is 0 Å². The van der Waals surface area contributed by atoms with Gasteiger partial charge < -0.3 is 0 Å². The summed E-state index contributed by atoms with van der Waals surface area (Å²) < 4.78 is 0. The van der Waals surface area contributed by atoms with Crippen LogP contribution in [-0.4, -0.2) is 28.2 Å². The highest BCUT2D eigenvalue weighted by Crippen LogP contribution is 2.16. The quantitative estimate of drug-likeness (QED) is 0.639. The lowest BCUT2D eigenvalue weighted by Crippen LogP contribution is -2.44. The Morgan fingerprint density at radius 2 is 2.58 bits per heavy atom. The number of rotatable bonds is 2. The van der Waals surface area contributed by atoms with Crippen LogP contribution in [0.1, 0.15) is 5.56 Å². The molecule has 0 bridgehead atoms. The summed E-state index contributed by atoms with van der Waals surface area (Å²) in [4.78, 5) is 2.31. The molecule has 0 aliphatic carbocycles. The summed E-state index contributed by atoms with van der Waals surface area (Å²) in [6.07, 6.45) is 9.04. The molecule has 1 aromatic rings. The van der Waals surface area contributed by atoms with Gasteiger partial charge in [-0.3, -0.25) is 10.00 Å². The third-order valence-corrected chi connectivity index (χ3v) is 2.15. The number of hydrogen-bond donors (Lipinski definition) is 1. The lowest BCUT2D eigenvalue weighted by atomic mass is 10.0. The summed E-state index contributed by atoms with van der Waals surface area (Å²) in [5, 5.41) is 6.67. The molecular weight excluding hydrogens is 150 g/mol. The molecule has 0 spiro atoms. The second kappa shape index (κ2) is 3.00. The van der Waals surface area contributed by atoms with Crippen LogP contribution in [0, 0.1) is 18.3 Å². The topological polar surface area (TPSA) is 31.9 Å². The van der Waals surface area contributed by atoms with Crippen molar-refractivity contribution in [1.29, 1.82) is 0 Å². The van der Waals surface area contributed by atoms with E-state index in [1.807, 2.05) is 12.4 Å². The van der Waals surface area contributed by atoms with Crippen LogP contribution < -0.4 is 0 Å². The van der Waals surface area contributed by atoms with Gasteiger partial charge in [-0.25, -0.2) is 0 Å². The molecule has 0 radical (unpaired) electrons. The molecule has 1 N–H and O–H groups in total. The van der Waals surface area contributed by atoms with Crippen molar-refractivity contribution in [3.05, 3.63) is 18.0 Å². The summed E-state index contributed by atoms with van der Waals surface area (Å²) in [6, 6.07) is 0. The van der Waals surface area contributed by atoms with Crippen LogP contribution in [0.5, 0.6) is 0 Å². The maximum Gasteiger partial charge on any atom is 0.0532 e. The van der Waals surface area contributed by atoms with E-state index in [0.717, 1.165) is 19.6 Å². The number of H-pyrrole nitrogens is 1. The number of likely N-dealkylation sites (tertiary alicyclic amines) is 1. The minimum Gasteiger partial charge on any atom is -0.296 e. The van der Waals surface area contributed by atoms with Gasteiger partial charge in [0.05, 0.1) is 6.20 Å². The van der Waals surface area contributed by atoms with E-state index in [-0.39, 0.29) is 0 Å². The molecule has 1 aliphatic rings. The average Bonchev–Trinajstić information content (AvgIpc) is 2.47. The smallest absolute Gasteiger partial charge is 0.0532 e. The predicted molar refractivity (Wildman–Crippen MR) is 46.2 cm³/mol. The van der Waals surface area contributed by atoms with E-state index in [0.29, 0.717) is 5.92 Å². The van der Waals surface area contributed by atoms with Gasteiger partial charge in [0.15, 0.2) is 0 Å². The van der Waals surface area contributed by atoms with E-state index < -0.39 is 0 Å². The van der Waals surface area contributed by atoms with Crippen LogP contribution >= 0.6 is 0 Å². The van der Waals surface area contributed by atoms with E-state index in [1.165, 1.54) is 5.56 Å². The first-order valence-electron chi connectivity index (χ1n) is 4.04. The van der Waals surface area contributed by atoms with Crippen molar-refractivity contribution >= 4 is 0 Å². The zero-order valence-electron chi connectivity index (χ0n) is 6.83. The molecule has 0 aromatic carbocycles. The molecule has 0 amide bonds. The fourth-order valence-electron chi connectivity index (χ4n) is 1.43. The largest absolute Gasteiger partial charge is 0.296 e. The highest BCUT2D eigenvalue weighted by molar-refractivity contribution is 5.07. The lowest BCUT2D eigenvalue weighted by molar-refractivity contribution is 0.128. The predicted octanol–water partition coefficient (Wildman–Crippen LogP) is 0.475. The van der Waals surface area contributed by atoms with Crippen molar-refractivity contribution in [2.45, 2.75) is 6.54 Å². The Labute approximate surface area is 71.8 Å². The Bertz CT molecular complexity index is 277. The van der Waals surface area contributed by atoms with Crippen LogP contribution in [0.15, 0.2) is 12.4 Å². The maximum atomic E-state index is 5.27. The fraction of sp³-hybridized carbons (Fsp3) is 0.444. The molecule has 3 heteroatoms. The second-order valence-electron chi connectivity index (χ2n) is 3.16. The van der Waals surface area contributed by atoms with E-state index in [2.05, 4.69) is 21.0 Å². The van der Waals surface area contributed by atoms with Gasteiger partial charge in [-0.2, -0.15) is 5.10 Å². The van der Waals surface area contributed by atoms with Crippen LogP contribution in [0.2, 0.25) is 0 Å². The highest BCUT2D eigenvalue weighted by Gasteiger charge is 2.24. The molecule has 2 rings (SSSR count). The number of aromatic nitrogens is 2. The first kappa shape index (κ1) is 7.38. The van der Waals surface area contributed by atoms with Crippen LogP contribution in [-0.2, 0) is 6.54 Å². The number of nitrogens with one attached hydrogen (secondary N) is 1. The molecule has 12 heavy (non-hydrogen) atoms. The van der Waals surface area contributed by atoms with Gasteiger partial charge in [-0.15, -0.1) is 12.3 Å². The Balaban J connectivity index is 1.81. The summed E-state index contributed by atoms with van der Waals surface area (Å²) in [7, 11) is 0. The minimum absolute atomic E-state index is 0.469. The van der Waals surface area contributed by atoms with Crippen molar-refractivity contribution in [2.24, 2.45) is 5.92 Å². The van der Waals surface area contributed by atoms with Crippen molar-refractivity contribution in [1.82, 2.24) is 15.1 Å². The summed E-state index contributed by atoms with van der Waals surface area (Å²) in [5.74, 6) is 3.22. The molecule has 1 fully saturated rings. The monoisotopic (exact) mass is 161 g/mol. The van der Waals surface area contributed by atoms with Gasteiger partial charge >= 0.3 is 0 Å². The van der Waals surface area contributed by atoms with E-state index in [9.17, 15) is 0 Å². The lowest BCUT2D eigenvalue weighted by Gasteiger charge is -2.35. The van der Waals surface area contributed by atoms with E-state index in [4.69, 9.17) is 6.42 Å². The van der Waals surface area contributed by atoms with Gasteiger partial charge in [0.2, 0.25) is 0 Å². The number of nitrogens with zero attached hydrogens (tertiary/aromatic N) is 2. The van der Waals surface area contributed by atoms with Crippen molar-refractivity contribution < 1.29 is 0 Å². The van der Waals surface area contributed by atoms with Crippen LogP contribution in [0.25, 0.3) is 0 Å². The van der Waals surface area contributed by atoms with Crippen LogP contribution in [0.4, 0.5) is 0 Å². The Kier molecular flexibility index (Phi) is 1.84. The zero-order chi connectivity index (χ0) is 8.39. The SMILES string of the molecule is C#CC1CN(Cc2cn[nH]c2)C1. The summed E-state index contributed by atoms with van der Waals surface area (Å²) in [5.41, 5.74) is 1.23. The Morgan fingerprint density at radius 3 is 3.17 bits per heavy atom. The van der Waals surface area contributed by atoms with Crippen molar-refractivity contribution in [3.63, 3.8) is 0 Å². The number of terminal acetylenes is 1. The average molecular weight is 161 g/mol. The maximum absolute atomic E-state index is 5.27. The zero-order valence-corrected chi connectivity index (χ0v) is 6.83. The molecule has 0 atom stereocenters. The van der Waals surface area contributed by atoms with Gasteiger partial charge in [0, 0.05) is 37.3 Å². The molecule has 1 aliphatic heterocycles. The molecular formula is C9H11N3. The Hall–Kier alpha value is -1.27. The third-order valence-electron chi connectivity index (χ3n) is 2.15. The van der Waals surface area contributed by atoms with E-state index >= 15 is 0 Å². The summed E-state index contributed by atoms with van der Waals surface area (Å²) >= 11 is 0. The third kappa shape index (κ3) is 1.34. The minimum atomic E-state index is 0.469. The molecule has 0 unspecified atom stereocenters. The van der Waals surface area contributed by atoms with E-state index in [1.54, 1.807) is 0 Å². The first-order chi connectivity index (χ1) is 5.88. The normalized spacial score (nSPS) is 18.6. The highest BCUT2D eigenvalue weighted by atomic mass is 15.2. The van der Waals surface area contributed by atoms with Crippen molar-refractivity contribution in [3.8, 4) is 12.3 Å². The molecule has 2 heterocycles. The van der Waals surface area contributed by atoms with Crippen molar-refractivity contribution in [2.75, 3.05) is 13.1 Å². The van der Waals surface area contributed by atoms with Crippen LogP contribution in [0.3, 0.4) is 0 Å². The first-order valence-corrected chi connectivity index (χ1v) is 4.04. The summed E-state index contributed by atoms with van der Waals surface area (Å²) in [6.45, 7) is 3.03. The molecule has 1 aromatic heterocycles. The molecule has 62 valence electrons. The van der Waals surface area contributed by atoms with Gasteiger partial charge in [-0.1, -0.05) is 0 Å². The van der Waals surface area contributed by atoms with Gasteiger partial charge in [0.1, 0.15) is 0 Å². The number of hydrogen-bond acceptors (Lipinski definition) is 2. The standard InChI is InChI=1S/C9H11N3/c1-2-8-5-12(6-8)7-9-3-10-11-4-9/h1,3-4,8H,5-7H2,(H,10,11). The second-order valence-corrected chi connectivity index (χ2v) is 3.16. The number of aromatic amines is 1. The molecule has 0 saturated carbocycles.